The van der Waals surface area contributed by atoms with E-state index in [-0.39, 0.29) is 5.76 Å². The third-order valence-electron chi connectivity index (χ3n) is 2.05. The fraction of sp³-hybridized carbons (Fsp3) is 0.222. The third kappa shape index (κ3) is 1.61. The molecule has 0 saturated carbocycles. The van der Waals surface area contributed by atoms with Crippen LogP contribution in [0.1, 0.15) is 6.42 Å². The average molecular weight is 342 g/mol. The van der Waals surface area contributed by atoms with Gasteiger partial charge in [-0.05, 0) is 12.1 Å². The number of aliphatic hydroxyl groups is 1. The molecule has 1 aromatic rings. The molecule has 1 aliphatic carbocycles. The van der Waals surface area contributed by atoms with Crippen molar-refractivity contribution in [1.82, 2.24) is 4.98 Å². The van der Waals surface area contributed by atoms with Crippen LogP contribution < -0.4 is 10.6 Å². The summed E-state index contributed by atoms with van der Waals surface area (Å²) in [5.74, 6) is 0.0831. The van der Waals surface area contributed by atoms with E-state index in [2.05, 4.69) is 4.98 Å². The molecule has 1 heterocycles. The van der Waals surface area contributed by atoms with Crippen molar-refractivity contribution in [3.8, 4) is 0 Å². The van der Waals surface area contributed by atoms with Gasteiger partial charge in [0, 0.05) is 22.9 Å². The highest BCUT2D eigenvalue weighted by Gasteiger charge is 2.33. The number of hydrogen-bond acceptors (Lipinski definition) is 2. The molecule has 2 rings (SSSR count). The van der Waals surface area contributed by atoms with Gasteiger partial charge in [0.15, 0.2) is 2.88 Å². The highest BCUT2D eigenvalue weighted by Crippen LogP contribution is 2.39. The Bertz CT molecular complexity index is 498. The van der Waals surface area contributed by atoms with E-state index in [1.165, 1.54) is 0 Å². The highest BCUT2D eigenvalue weighted by atomic mass is 127. The minimum atomic E-state index is -0.865. The molecule has 14 heavy (non-hydrogen) atoms. The minimum absolute atomic E-state index is 0.0831. The maximum absolute atomic E-state index is 9.85. The molecule has 2 nitrogen and oxygen atoms in total. The molecule has 0 bridgehead atoms. The number of alkyl halides is 2. The Morgan fingerprint density at radius 1 is 1.57 bits per heavy atom. The van der Waals surface area contributed by atoms with Gasteiger partial charge in [0.05, 0.1) is 0 Å². The Kier molecular flexibility index (Phi) is 2.66. The molecule has 0 aromatic carbocycles. The molecular formula is C9H6Cl2INO. The van der Waals surface area contributed by atoms with Crippen LogP contribution in [0, 0.1) is 0 Å². The van der Waals surface area contributed by atoms with Crippen molar-refractivity contribution in [3.05, 3.63) is 28.9 Å². The van der Waals surface area contributed by atoms with Gasteiger partial charge in [0.2, 0.25) is 0 Å². The molecule has 0 saturated heterocycles. The summed E-state index contributed by atoms with van der Waals surface area (Å²) in [6, 6.07) is 3.60. The molecular weight excluding hydrogens is 336 g/mol. The molecule has 0 spiro atoms. The van der Waals surface area contributed by atoms with E-state index in [1.54, 1.807) is 12.3 Å². The minimum Gasteiger partial charge on any atom is -0.507 e. The van der Waals surface area contributed by atoms with Gasteiger partial charge < -0.3 is 5.11 Å². The topological polar surface area (TPSA) is 33.1 Å². The normalized spacial score (nSPS) is 26.2. The van der Waals surface area contributed by atoms with Gasteiger partial charge >= 0.3 is 0 Å². The summed E-state index contributed by atoms with van der Waals surface area (Å²) in [5.41, 5.74) is 0. The van der Waals surface area contributed by atoms with Crippen molar-refractivity contribution in [2.75, 3.05) is 0 Å². The van der Waals surface area contributed by atoms with Crippen LogP contribution in [0.2, 0.25) is 0 Å². The molecule has 5 heteroatoms. The summed E-state index contributed by atoms with van der Waals surface area (Å²) in [6.07, 6.45) is 2.02. The molecule has 1 aromatic heterocycles. The van der Waals surface area contributed by atoms with Crippen LogP contribution in [-0.4, -0.2) is 13.0 Å². The smallest absolute Gasteiger partial charge is 0.159 e. The van der Waals surface area contributed by atoms with Gasteiger partial charge in [-0.1, -0.05) is 45.8 Å². The van der Waals surface area contributed by atoms with Crippen molar-refractivity contribution >= 4 is 56.6 Å². The lowest BCUT2D eigenvalue weighted by molar-refractivity contribution is 0.473. The SMILES string of the molecule is OC1=c2ncccc2=C(Cl)CC1(Cl)I. The Morgan fingerprint density at radius 2 is 2.29 bits per heavy atom. The van der Waals surface area contributed by atoms with Crippen LogP contribution in [0.15, 0.2) is 18.3 Å². The van der Waals surface area contributed by atoms with E-state index >= 15 is 0 Å². The monoisotopic (exact) mass is 341 g/mol. The van der Waals surface area contributed by atoms with Gasteiger partial charge in [0.1, 0.15) is 11.1 Å². The van der Waals surface area contributed by atoms with Gasteiger partial charge in [0.25, 0.3) is 0 Å². The number of hydrogen-bond donors (Lipinski definition) is 1. The second kappa shape index (κ2) is 3.54. The van der Waals surface area contributed by atoms with Gasteiger partial charge in [-0.2, -0.15) is 0 Å². The van der Waals surface area contributed by atoms with Crippen LogP contribution in [-0.2, 0) is 0 Å². The van der Waals surface area contributed by atoms with Crippen molar-refractivity contribution < 1.29 is 5.11 Å². The molecule has 0 fully saturated rings. The number of aromatic nitrogens is 1. The second-order valence-electron chi connectivity index (χ2n) is 3.03. The van der Waals surface area contributed by atoms with Crippen molar-refractivity contribution in [3.63, 3.8) is 0 Å². The Labute approximate surface area is 104 Å². The first-order chi connectivity index (χ1) is 6.52. The number of aliphatic hydroxyl groups excluding tert-OH is 1. The van der Waals surface area contributed by atoms with E-state index < -0.39 is 2.88 Å². The molecule has 1 atom stereocenters. The summed E-state index contributed by atoms with van der Waals surface area (Å²) in [5, 5.41) is 11.7. The number of rotatable bonds is 0. The molecule has 1 N–H and O–H groups in total. The van der Waals surface area contributed by atoms with Crippen LogP contribution in [0.4, 0.5) is 0 Å². The lowest BCUT2D eigenvalue weighted by Gasteiger charge is -2.22. The van der Waals surface area contributed by atoms with Crippen LogP contribution in [0.5, 0.6) is 0 Å². The number of nitrogens with zero attached hydrogens (tertiary/aromatic N) is 1. The van der Waals surface area contributed by atoms with Gasteiger partial charge in [-0.15, -0.1) is 0 Å². The van der Waals surface area contributed by atoms with Crippen LogP contribution in [0.3, 0.4) is 0 Å². The van der Waals surface area contributed by atoms with Gasteiger partial charge in [-0.25, -0.2) is 0 Å². The lowest BCUT2D eigenvalue weighted by Crippen LogP contribution is -2.40. The number of fused-ring (bicyclic) bond motifs is 1. The number of pyridine rings is 1. The predicted molar refractivity (Wildman–Crippen MR) is 66.0 cm³/mol. The van der Waals surface area contributed by atoms with E-state index in [0.29, 0.717) is 16.8 Å². The number of halogens is 3. The largest absolute Gasteiger partial charge is 0.507 e. The molecule has 0 radical (unpaired) electrons. The third-order valence-corrected chi connectivity index (χ3v) is 3.59. The zero-order valence-electron chi connectivity index (χ0n) is 6.97. The fourth-order valence-electron chi connectivity index (χ4n) is 1.36. The highest BCUT2D eigenvalue weighted by molar-refractivity contribution is 14.1. The van der Waals surface area contributed by atoms with Gasteiger partial charge in [-0.3, -0.25) is 4.98 Å². The summed E-state index contributed by atoms with van der Waals surface area (Å²) < 4.78 is -0.865. The Morgan fingerprint density at radius 3 is 3.00 bits per heavy atom. The first kappa shape index (κ1) is 10.5. The summed E-state index contributed by atoms with van der Waals surface area (Å²) in [6.45, 7) is 0. The predicted octanol–water partition coefficient (Wildman–Crippen LogP) is 1.87. The maximum atomic E-state index is 9.85. The second-order valence-corrected chi connectivity index (χ2v) is 6.61. The van der Waals surface area contributed by atoms with E-state index in [9.17, 15) is 5.11 Å². The standard InChI is InChI=1S/C9H6Cl2INO/c10-6-4-9(11,12)8(14)7-5(6)2-1-3-13-7/h1-3,14H,4H2. The molecule has 1 unspecified atom stereocenters. The summed E-state index contributed by atoms with van der Waals surface area (Å²) >= 11 is 14.1. The average Bonchev–Trinajstić information content (AvgIpc) is 2.14. The zero-order valence-corrected chi connectivity index (χ0v) is 10.6. The van der Waals surface area contributed by atoms with Crippen molar-refractivity contribution in [1.29, 1.82) is 0 Å². The quantitative estimate of drug-likeness (QED) is 0.577. The van der Waals surface area contributed by atoms with Crippen molar-refractivity contribution in [2.45, 2.75) is 9.30 Å². The first-order valence-corrected chi connectivity index (χ1v) is 5.77. The molecule has 1 aliphatic rings. The summed E-state index contributed by atoms with van der Waals surface area (Å²) in [7, 11) is 0. The van der Waals surface area contributed by atoms with E-state index in [1.807, 2.05) is 28.7 Å². The Balaban J connectivity index is 2.92. The van der Waals surface area contributed by atoms with Crippen molar-refractivity contribution in [2.24, 2.45) is 0 Å². The van der Waals surface area contributed by atoms with Crippen LogP contribution in [0.25, 0.3) is 10.8 Å². The van der Waals surface area contributed by atoms with Crippen LogP contribution >= 0.6 is 45.8 Å². The zero-order chi connectivity index (χ0) is 10.3. The molecule has 74 valence electrons. The fourth-order valence-corrected chi connectivity index (χ4v) is 2.87. The molecule has 0 amide bonds. The lowest BCUT2D eigenvalue weighted by atomic mass is 10.1. The molecule has 0 aliphatic heterocycles. The first-order valence-electron chi connectivity index (χ1n) is 3.93. The van der Waals surface area contributed by atoms with E-state index in [4.69, 9.17) is 23.2 Å². The summed E-state index contributed by atoms with van der Waals surface area (Å²) in [4.78, 5) is 4.06. The Hall–Kier alpha value is 0. The van der Waals surface area contributed by atoms with E-state index in [0.717, 1.165) is 5.22 Å². The maximum Gasteiger partial charge on any atom is 0.159 e.